The maximum Gasteiger partial charge on any atom is 0.325 e. The first-order valence-corrected chi connectivity index (χ1v) is 5.84. The molecule has 0 bridgehead atoms. The molecular formula is C12H21N3O2. The smallest absolute Gasteiger partial charge is 0.325 e. The van der Waals surface area contributed by atoms with Gasteiger partial charge >= 0.3 is 5.97 Å². The van der Waals surface area contributed by atoms with Crippen LogP contribution in [-0.4, -0.2) is 27.9 Å². The Bertz CT molecular complexity index is 396. The molecule has 0 aliphatic carbocycles. The lowest BCUT2D eigenvalue weighted by atomic mass is 10.00. The Balaban J connectivity index is 2.60. The summed E-state index contributed by atoms with van der Waals surface area (Å²) in [6.07, 6.45) is 0.508. The van der Waals surface area contributed by atoms with E-state index in [1.54, 1.807) is 13.8 Å². The number of carbonyl (C=O) groups excluding carboxylic acids is 1. The molecule has 0 radical (unpaired) electrons. The molecule has 1 aromatic heterocycles. The molecule has 0 spiro atoms. The summed E-state index contributed by atoms with van der Waals surface area (Å²) in [5, 5.41) is 4.33. The third-order valence-electron chi connectivity index (χ3n) is 2.69. The minimum atomic E-state index is -0.956. The average Bonchev–Trinajstić information content (AvgIpc) is 2.55. The fraction of sp³-hybridized carbons (Fsp3) is 0.667. The molecule has 1 unspecified atom stereocenters. The first kappa shape index (κ1) is 13.7. The summed E-state index contributed by atoms with van der Waals surface area (Å²) in [5.41, 5.74) is 7.02. The van der Waals surface area contributed by atoms with Crippen LogP contribution in [0.4, 0.5) is 0 Å². The normalized spacial score (nSPS) is 14.4. The fourth-order valence-corrected chi connectivity index (χ4v) is 1.64. The molecule has 1 heterocycles. The van der Waals surface area contributed by atoms with Crippen LogP contribution in [0.15, 0.2) is 6.07 Å². The molecule has 96 valence electrons. The molecule has 5 heteroatoms. The van der Waals surface area contributed by atoms with Crippen LogP contribution < -0.4 is 5.73 Å². The van der Waals surface area contributed by atoms with E-state index in [9.17, 15) is 4.79 Å². The van der Waals surface area contributed by atoms with E-state index in [0.29, 0.717) is 19.6 Å². The van der Waals surface area contributed by atoms with Crippen molar-refractivity contribution in [3.05, 3.63) is 17.5 Å². The SMILES string of the molecule is CCOC(=O)C(C)(N)CCn1nc(C)cc1C. The lowest BCUT2D eigenvalue weighted by molar-refractivity contribution is -0.149. The van der Waals surface area contributed by atoms with Crippen molar-refractivity contribution in [2.24, 2.45) is 5.73 Å². The van der Waals surface area contributed by atoms with E-state index >= 15 is 0 Å². The Morgan fingerprint density at radius 1 is 1.59 bits per heavy atom. The van der Waals surface area contributed by atoms with Crippen molar-refractivity contribution in [1.29, 1.82) is 0 Å². The van der Waals surface area contributed by atoms with Gasteiger partial charge in [-0.15, -0.1) is 0 Å². The van der Waals surface area contributed by atoms with Crippen LogP contribution in [0.3, 0.4) is 0 Å². The van der Waals surface area contributed by atoms with Gasteiger partial charge in [0, 0.05) is 12.2 Å². The zero-order valence-corrected chi connectivity index (χ0v) is 11.0. The highest BCUT2D eigenvalue weighted by Crippen LogP contribution is 2.11. The number of hydrogen-bond donors (Lipinski definition) is 1. The number of rotatable bonds is 5. The molecule has 0 aliphatic rings. The predicted octanol–water partition coefficient (Wildman–Crippen LogP) is 1.17. The topological polar surface area (TPSA) is 70.1 Å². The Kier molecular flexibility index (Phi) is 4.28. The standard InChI is InChI=1S/C12H21N3O2/c1-5-17-11(16)12(4,13)6-7-15-10(3)8-9(2)14-15/h8H,5-7,13H2,1-4H3. The summed E-state index contributed by atoms with van der Waals surface area (Å²) in [6.45, 7) is 8.36. The molecule has 17 heavy (non-hydrogen) atoms. The van der Waals surface area contributed by atoms with E-state index in [4.69, 9.17) is 10.5 Å². The molecule has 0 saturated heterocycles. The number of nitrogens with two attached hydrogens (primary N) is 1. The fourth-order valence-electron chi connectivity index (χ4n) is 1.64. The van der Waals surface area contributed by atoms with Crippen molar-refractivity contribution in [3.63, 3.8) is 0 Å². The summed E-state index contributed by atoms with van der Waals surface area (Å²) < 4.78 is 6.80. The van der Waals surface area contributed by atoms with Crippen LogP contribution in [0.2, 0.25) is 0 Å². The second-order valence-corrected chi connectivity index (χ2v) is 4.54. The molecule has 1 aromatic rings. The van der Waals surface area contributed by atoms with Gasteiger partial charge in [0.25, 0.3) is 0 Å². The van der Waals surface area contributed by atoms with Crippen LogP contribution in [0.5, 0.6) is 0 Å². The molecule has 1 rings (SSSR count). The third kappa shape index (κ3) is 3.56. The van der Waals surface area contributed by atoms with Gasteiger partial charge in [-0.05, 0) is 40.2 Å². The molecular weight excluding hydrogens is 218 g/mol. The van der Waals surface area contributed by atoms with Gasteiger partial charge in [-0.1, -0.05) is 0 Å². The maximum atomic E-state index is 11.6. The summed E-state index contributed by atoms with van der Waals surface area (Å²) in [5.74, 6) is -0.360. The predicted molar refractivity (Wildman–Crippen MR) is 65.5 cm³/mol. The molecule has 2 N–H and O–H groups in total. The van der Waals surface area contributed by atoms with Gasteiger partial charge in [0.15, 0.2) is 0 Å². The van der Waals surface area contributed by atoms with Gasteiger partial charge in [0.2, 0.25) is 0 Å². The third-order valence-corrected chi connectivity index (χ3v) is 2.69. The van der Waals surface area contributed by atoms with Crippen molar-refractivity contribution >= 4 is 5.97 Å². The van der Waals surface area contributed by atoms with Crippen molar-refractivity contribution < 1.29 is 9.53 Å². The van der Waals surface area contributed by atoms with Gasteiger partial charge in [-0.3, -0.25) is 9.48 Å². The number of carbonyl (C=O) groups is 1. The number of aromatic nitrogens is 2. The zero-order chi connectivity index (χ0) is 13.1. The van der Waals surface area contributed by atoms with Crippen LogP contribution in [0, 0.1) is 13.8 Å². The van der Waals surface area contributed by atoms with E-state index in [2.05, 4.69) is 5.10 Å². The van der Waals surface area contributed by atoms with E-state index in [0.717, 1.165) is 11.4 Å². The molecule has 1 atom stereocenters. The highest BCUT2D eigenvalue weighted by Gasteiger charge is 2.29. The largest absolute Gasteiger partial charge is 0.465 e. The number of esters is 1. The first-order chi connectivity index (χ1) is 7.86. The van der Waals surface area contributed by atoms with Crippen molar-refractivity contribution in [2.45, 2.75) is 46.2 Å². The molecule has 0 aliphatic heterocycles. The maximum absolute atomic E-state index is 11.6. The minimum absolute atomic E-state index is 0.353. The summed E-state index contributed by atoms with van der Waals surface area (Å²) in [7, 11) is 0. The van der Waals surface area contributed by atoms with E-state index < -0.39 is 5.54 Å². The summed E-state index contributed by atoms with van der Waals surface area (Å²) in [4.78, 5) is 11.6. The van der Waals surface area contributed by atoms with Gasteiger partial charge in [-0.2, -0.15) is 5.10 Å². The molecule has 0 amide bonds. The quantitative estimate of drug-likeness (QED) is 0.783. The number of aryl methyl sites for hydroxylation is 3. The van der Waals surface area contributed by atoms with Crippen molar-refractivity contribution in [2.75, 3.05) is 6.61 Å². The summed E-state index contributed by atoms with van der Waals surface area (Å²) in [6, 6.07) is 2.00. The Morgan fingerprint density at radius 2 is 2.24 bits per heavy atom. The van der Waals surface area contributed by atoms with E-state index in [1.807, 2.05) is 24.6 Å². The highest BCUT2D eigenvalue weighted by molar-refractivity contribution is 5.79. The van der Waals surface area contributed by atoms with Crippen molar-refractivity contribution in [3.8, 4) is 0 Å². The van der Waals surface area contributed by atoms with Gasteiger partial charge < -0.3 is 10.5 Å². The molecule has 5 nitrogen and oxygen atoms in total. The van der Waals surface area contributed by atoms with E-state index in [-0.39, 0.29) is 5.97 Å². The van der Waals surface area contributed by atoms with Crippen LogP contribution in [-0.2, 0) is 16.1 Å². The molecule has 0 fully saturated rings. The lowest BCUT2D eigenvalue weighted by Gasteiger charge is -2.22. The summed E-state index contributed by atoms with van der Waals surface area (Å²) >= 11 is 0. The Morgan fingerprint density at radius 3 is 2.71 bits per heavy atom. The number of nitrogens with zero attached hydrogens (tertiary/aromatic N) is 2. The minimum Gasteiger partial charge on any atom is -0.465 e. The molecule has 0 saturated carbocycles. The Labute approximate surface area is 102 Å². The Hall–Kier alpha value is -1.36. The second-order valence-electron chi connectivity index (χ2n) is 4.54. The number of ether oxygens (including phenoxy) is 1. The van der Waals surface area contributed by atoms with Gasteiger partial charge in [-0.25, -0.2) is 0 Å². The van der Waals surface area contributed by atoms with Crippen LogP contribution in [0.25, 0.3) is 0 Å². The van der Waals surface area contributed by atoms with Gasteiger partial charge in [0.1, 0.15) is 5.54 Å². The second kappa shape index (κ2) is 5.31. The highest BCUT2D eigenvalue weighted by atomic mass is 16.5. The number of hydrogen-bond acceptors (Lipinski definition) is 4. The lowest BCUT2D eigenvalue weighted by Crippen LogP contribution is -2.47. The zero-order valence-electron chi connectivity index (χ0n) is 11.0. The molecule has 0 aromatic carbocycles. The van der Waals surface area contributed by atoms with Crippen LogP contribution >= 0.6 is 0 Å². The monoisotopic (exact) mass is 239 g/mol. The average molecular weight is 239 g/mol. The van der Waals surface area contributed by atoms with Gasteiger partial charge in [0.05, 0.1) is 12.3 Å². The van der Waals surface area contributed by atoms with Crippen molar-refractivity contribution in [1.82, 2.24) is 9.78 Å². The van der Waals surface area contributed by atoms with Crippen LogP contribution in [0.1, 0.15) is 31.7 Å². The first-order valence-electron chi connectivity index (χ1n) is 5.84. The van der Waals surface area contributed by atoms with E-state index in [1.165, 1.54) is 0 Å².